The van der Waals surface area contributed by atoms with Crippen LogP contribution in [0, 0.1) is 0 Å². The van der Waals surface area contributed by atoms with Crippen LogP contribution < -0.4 is 0 Å². The van der Waals surface area contributed by atoms with E-state index in [0.717, 1.165) is 11.5 Å². The van der Waals surface area contributed by atoms with Crippen LogP contribution in [0.3, 0.4) is 0 Å². The average Bonchev–Trinajstić information content (AvgIpc) is 2.25. The van der Waals surface area contributed by atoms with Gasteiger partial charge in [-0.3, -0.25) is 4.79 Å². The second kappa shape index (κ2) is 5.98. The zero-order chi connectivity index (χ0) is 12.1. The molecule has 5 nitrogen and oxygen atoms in total. The van der Waals surface area contributed by atoms with Crippen LogP contribution in [0.25, 0.3) is 0 Å². The number of nitrogens with zero attached hydrogens (tertiary/aromatic N) is 2. The Bertz CT molecular complexity index is 273. The first-order valence-corrected chi connectivity index (χ1v) is 6.56. The summed E-state index contributed by atoms with van der Waals surface area (Å²) < 4.78 is 0. The molecule has 92 valence electrons. The van der Waals surface area contributed by atoms with Gasteiger partial charge in [-0.25, -0.2) is 4.79 Å². The predicted molar refractivity (Wildman–Crippen MR) is 63.8 cm³/mol. The minimum atomic E-state index is -0.964. The van der Waals surface area contributed by atoms with Gasteiger partial charge in [0.15, 0.2) is 0 Å². The van der Waals surface area contributed by atoms with Crippen molar-refractivity contribution in [1.82, 2.24) is 9.80 Å². The third-order valence-corrected chi connectivity index (χ3v) is 3.78. The van der Waals surface area contributed by atoms with Gasteiger partial charge in [0, 0.05) is 30.6 Å². The van der Waals surface area contributed by atoms with E-state index >= 15 is 0 Å². The Hall–Kier alpha value is -0.910. The van der Waals surface area contributed by atoms with Crippen molar-refractivity contribution in [2.75, 3.05) is 31.1 Å². The van der Waals surface area contributed by atoms with Gasteiger partial charge >= 0.3 is 12.0 Å². The van der Waals surface area contributed by atoms with E-state index in [-0.39, 0.29) is 18.6 Å². The lowest BCUT2D eigenvalue weighted by Crippen LogP contribution is -2.51. The number of carbonyl (C=O) groups excluding carboxylic acids is 1. The second-order valence-corrected chi connectivity index (χ2v) is 4.96. The smallest absolute Gasteiger partial charge is 0.323 e. The monoisotopic (exact) mass is 246 g/mol. The van der Waals surface area contributed by atoms with Crippen LogP contribution in [0.4, 0.5) is 4.79 Å². The van der Waals surface area contributed by atoms with Crippen LogP contribution in [0.2, 0.25) is 0 Å². The quantitative estimate of drug-likeness (QED) is 0.805. The summed E-state index contributed by atoms with van der Waals surface area (Å²) in [4.78, 5) is 25.8. The molecule has 0 radical (unpaired) electrons. The molecule has 2 amide bonds. The lowest BCUT2D eigenvalue weighted by atomic mass is 10.3. The Kier molecular flexibility index (Phi) is 4.92. The van der Waals surface area contributed by atoms with Gasteiger partial charge in [-0.05, 0) is 13.8 Å². The molecule has 0 aromatic heterocycles. The third-order valence-electron chi connectivity index (χ3n) is 2.59. The SMILES string of the molecule is CCN(CC(=O)O)C(=O)N1CCSCC1C. The van der Waals surface area contributed by atoms with Gasteiger partial charge in [0.1, 0.15) is 6.54 Å². The van der Waals surface area contributed by atoms with Crippen molar-refractivity contribution in [3.63, 3.8) is 0 Å². The topological polar surface area (TPSA) is 60.9 Å². The van der Waals surface area contributed by atoms with Gasteiger partial charge in [0.05, 0.1) is 0 Å². The number of hydrogen-bond donors (Lipinski definition) is 1. The first-order valence-electron chi connectivity index (χ1n) is 5.41. The number of carboxylic acid groups (broad SMARTS) is 1. The van der Waals surface area contributed by atoms with E-state index in [2.05, 4.69) is 0 Å². The number of rotatable bonds is 3. The maximum Gasteiger partial charge on any atom is 0.323 e. The molecule has 0 aliphatic carbocycles. The molecule has 1 N–H and O–H groups in total. The highest BCUT2D eigenvalue weighted by Gasteiger charge is 2.27. The number of carbonyl (C=O) groups is 2. The van der Waals surface area contributed by atoms with Crippen LogP contribution in [-0.2, 0) is 4.79 Å². The summed E-state index contributed by atoms with van der Waals surface area (Å²) in [5.41, 5.74) is 0. The van der Waals surface area contributed by atoms with Gasteiger partial charge in [-0.2, -0.15) is 11.8 Å². The molecule has 1 unspecified atom stereocenters. The zero-order valence-corrected chi connectivity index (χ0v) is 10.5. The van der Waals surface area contributed by atoms with Crippen molar-refractivity contribution < 1.29 is 14.7 Å². The van der Waals surface area contributed by atoms with E-state index in [1.807, 2.05) is 18.7 Å². The zero-order valence-electron chi connectivity index (χ0n) is 9.68. The van der Waals surface area contributed by atoms with Crippen molar-refractivity contribution in [1.29, 1.82) is 0 Å². The molecule has 0 spiro atoms. The fraction of sp³-hybridized carbons (Fsp3) is 0.800. The van der Waals surface area contributed by atoms with E-state index < -0.39 is 5.97 Å². The van der Waals surface area contributed by atoms with Crippen molar-refractivity contribution in [2.24, 2.45) is 0 Å². The Morgan fingerprint density at radius 1 is 1.56 bits per heavy atom. The van der Waals surface area contributed by atoms with E-state index in [1.165, 1.54) is 4.90 Å². The van der Waals surface area contributed by atoms with Crippen molar-refractivity contribution >= 4 is 23.8 Å². The van der Waals surface area contributed by atoms with E-state index in [9.17, 15) is 9.59 Å². The fourth-order valence-corrected chi connectivity index (χ4v) is 2.68. The van der Waals surface area contributed by atoms with Gasteiger partial charge in [-0.1, -0.05) is 0 Å². The molecular formula is C10H18N2O3S. The molecule has 0 aromatic carbocycles. The molecule has 1 rings (SSSR count). The molecule has 0 aromatic rings. The standard InChI is InChI=1S/C10H18N2O3S/c1-3-11(6-9(13)14)10(15)12-4-5-16-7-8(12)2/h8H,3-7H2,1-2H3,(H,13,14). The first-order chi connectivity index (χ1) is 7.56. The summed E-state index contributed by atoms with van der Waals surface area (Å²) in [7, 11) is 0. The van der Waals surface area contributed by atoms with Gasteiger partial charge in [0.25, 0.3) is 0 Å². The Balaban J connectivity index is 2.62. The number of hydrogen-bond acceptors (Lipinski definition) is 3. The number of urea groups is 1. The molecule has 1 heterocycles. The number of amides is 2. The normalized spacial score (nSPS) is 20.6. The van der Waals surface area contributed by atoms with Crippen LogP contribution in [0.5, 0.6) is 0 Å². The molecule has 1 atom stereocenters. The molecule has 16 heavy (non-hydrogen) atoms. The van der Waals surface area contributed by atoms with Crippen molar-refractivity contribution in [3.8, 4) is 0 Å². The van der Waals surface area contributed by atoms with Crippen LogP contribution in [0.1, 0.15) is 13.8 Å². The number of thioether (sulfide) groups is 1. The predicted octanol–water partition coefficient (Wildman–Crippen LogP) is 0.950. The Morgan fingerprint density at radius 3 is 2.75 bits per heavy atom. The van der Waals surface area contributed by atoms with Crippen LogP contribution in [0.15, 0.2) is 0 Å². The minimum absolute atomic E-state index is 0.155. The fourth-order valence-electron chi connectivity index (χ4n) is 1.67. The van der Waals surface area contributed by atoms with Crippen LogP contribution in [-0.4, -0.2) is 64.1 Å². The van der Waals surface area contributed by atoms with Gasteiger partial charge in [-0.15, -0.1) is 0 Å². The summed E-state index contributed by atoms with van der Waals surface area (Å²) in [5, 5.41) is 8.71. The molecule has 1 aliphatic heterocycles. The Morgan fingerprint density at radius 2 is 2.25 bits per heavy atom. The summed E-state index contributed by atoms with van der Waals surface area (Å²) in [6.45, 7) is 4.72. The third kappa shape index (κ3) is 3.30. The second-order valence-electron chi connectivity index (χ2n) is 3.81. The number of aliphatic carboxylic acids is 1. The maximum absolute atomic E-state index is 12.1. The highest BCUT2D eigenvalue weighted by molar-refractivity contribution is 7.99. The molecule has 1 saturated heterocycles. The highest BCUT2D eigenvalue weighted by atomic mass is 32.2. The van der Waals surface area contributed by atoms with Gasteiger partial charge in [0.2, 0.25) is 0 Å². The molecule has 0 bridgehead atoms. The summed E-state index contributed by atoms with van der Waals surface area (Å²) >= 11 is 1.83. The largest absolute Gasteiger partial charge is 0.480 e. The lowest BCUT2D eigenvalue weighted by molar-refractivity contribution is -0.137. The lowest BCUT2D eigenvalue weighted by Gasteiger charge is -2.36. The molecule has 1 fully saturated rings. The summed E-state index contributed by atoms with van der Waals surface area (Å²) in [6, 6.07) is 0.0341. The average molecular weight is 246 g/mol. The maximum atomic E-state index is 12.1. The van der Waals surface area contributed by atoms with Crippen LogP contribution >= 0.6 is 11.8 Å². The van der Waals surface area contributed by atoms with E-state index in [1.54, 1.807) is 11.8 Å². The number of likely N-dealkylation sites (N-methyl/N-ethyl adjacent to an activating group) is 1. The van der Waals surface area contributed by atoms with Gasteiger partial charge < -0.3 is 14.9 Å². The molecule has 6 heteroatoms. The molecule has 1 aliphatic rings. The summed E-state index contributed by atoms with van der Waals surface area (Å²) in [5.74, 6) is 0.895. The van der Waals surface area contributed by atoms with Crippen molar-refractivity contribution in [2.45, 2.75) is 19.9 Å². The molecule has 0 saturated carbocycles. The minimum Gasteiger partial charge on any atom is -0.480 e. The van der Waals surface area contributed by atoms with E-state index in [0.29, 0.717) is 13.1 Å². The molecular weight excluding hydrogens is 228 g/mol. The summed E-state index contributed by atoms with van der Waals surface area (Å²) in [6.07, 6.45) is 0. The van der Waals surface area contributed by atoms with E-state index in [4.69, 9.17) is 5.11 Å². The first kappa shape index (κ1) is 13.2. The highest BCUT2D eigenvalue weighted by Crippen LogP contribution is 2.17. The van der Waals surface area contributed by atoms with Crippen molar-refractivity contribution in [3.05, 3.63) is 0 Å². The Labute approximate surface area is 99.8 Å². The number of carboxylic acids is 1.